The number of thiazole rings is 1. The molecule has 0 bridgehead atoms. The van der Waals surface area contributed by atoms with Crippen molar-refractivity contribution in [2.75, 3.05) is 6.54 Å². The standard InChI is InChI=1S/C18H19FN4O3S/c1-4-20-18(24)25-17-10(2)22-15(27-17)8-6-13-11(3)26-23-16(13)14-7-5-12(19)9-21-14/h5,7,9H,4,6,8H2,1-3H3,(H,20,24). The second-order valence-corrected chi connectivity index (χ2v) is 6.87. The molecule has 3 rings (SSSR count). The highest BCUT2D eigenvalue weighted by Gasteiger charge is 2.18. The summed E-state index contributed by atoms with van der Waals surface area (Å²) in [6, 6.07) is 2.91. The van der Waals surface area contributed by atoms with E-state index < -0.39 is 11.9 Å². The molecule has 0 saturated carbocycles. The van der Waals surface area contributed by atoms with Crippen molar-refractivity contribution >= 4 is 17.4 Å². The van der Waals surface area contributed by atoms with E-state index >= 15 is 0 Å². The van der Waals surface area contributed by atoms with Gasteiger partial charge in [-0.2, -0.15) is 0 Å². The zero-order valence-electron chi connectivity index (χ0n) is 15.2. The van der Waals surface area contributed by atoms with Crippen LogP contribution in [0.3, 0.4) is 0 Å². The first-order valence-electron chi connectivity index (χ1n) is 8.47. The van der Waals surface area contributed by atoms with E-state index in [0.717, 1.165) is 16.8 Å². The molecule has 1 N–H and O–H groups in total. The summed E-state index contributed by atoms with van der Waals surface area (Å²) in [6.45, 7) is 5.94. The summed E-state index contributed by atoms with van der Waals surface area (Å²) in [5.41, 5.74) is 2.72. The van der Waals surface area contributed by atoms with E-state index in [1.807, 2.05) is 13.8 Å². The molecule has 27 heavy (non-hydrogen) atoms. The number of nitrogens with zero attached hydrogens (tertiary/aromatic N) is 3. The molecule has 1 amide bonds. The molecule has 0 atom stereocenters. The van der Waals surface area contributed by atoms with Crippen molar-refractivity contribution in [3.8, 4) is 16.5 Å². The van der Waals surface area contributed by atoms with E-state index in [9.17, 15) is 9.18 Å². The number of aryl methyl sites for hydroxylation is 3. The Balaban J connectivity index is 1.73. The van der Waals surface area contributed by atoms with Crippen LogP contribution in [0.5, 0.6) is 5.06 Å². The average molecular weight is 390 g/mol. The molecule has 3 aromatic heterocycles. The minimum atomic E-state index is -0.490. The first-order chi connectivity index (χ1) is 13.0. The lowest BCUT2D eigenvalue weighted by atomic mass is 10.1. The number of nitrogens with one attached hydrogen (secondary N) is 1. The molecular formula is C18H19FN4O3S. The Morgan fingerprint density at radius 1 is 1.33 bits per heavy atom. The summed E-state index contributed by atoms with van der Waals surface area (Å²) in [4.78, 5) is 20.1. The van der Waals surface area contributed by atoms with Crippen molar-refractivity contribution in [3.63, 3.8) is 0 Å². The van der Waals surface area contributed by atoms with Crippen LogP contribution < -0.4 is 10.1 Å². The van der Waals surface area contributed by atoms with Crippen LogP contribution in [0, 0.1) is 19.7 Å². The third kappa shape index (κ3) is 4.48. The topological polar surface area (TPSA) is 90.1 Å². The van der Waals surface area contributed by atoms with Gasteiger partial charge in [-0.25, -0.2) is 14.2 Å². The van der Waals surface area contributed by atoms with Crippen LogP contribution in [0.4, 0.5) is 9.18 Å². The Labute approximate surface area is 159 Å². The summed E-state index contributed by atoms with van der Waals surface area (Å²) >= 11 is 1.33. The van der Waals surface area contributed by atoms with Crippen LogP contribution in [0.15, 0.2) is 22.9 Å². The number of hydrogen-bond donors (Lipinski definition) is 1. The Kier molecular flexibility index (Phi) is 5.80. The van der Waals surface area contributed by atoms with Gasteiger partial charge in [0.15, 0.2) is 0 Å². The number of halogens is 1. The van der Waals surface area contributed by atoms with E-state index in [1.165, 1.54) is 17.4 Å². The Hall–Kier alpha value is -2.81. The zero-order chi connectivity index (χ0) is 19.4. The second kappa shape index (κ2) is 8.26. The quantitative estimate of drug-likeness (QED) is 0.688. The molecule has 0 aliphatic heterocycles. The number of pyridine rings is 1. The molecule has 0 spiro atoms. The lowest BCUT2D eigenvalue weighted by Gasteiger charge is -2.02. The van der Waals surface area contributed by atoms with E-state index in [4.69, 9.17) is 9.26 Å². The molecule has 142 valence electrons. The lowest BCUT2D eigenvalue weighted by Crippen LogP contribution is -2.26. The highest BCUT2D eigenvalue weighted by molar-refractivity contribution is 7.13. The Morgan fingerprint density at radius 2 is 2.15 bits per heavy atom. The van der Waals surface area contributed by atoms with Gasteiger partial charge in [-0.1, -0.05) is 16.5 Å². The van der Waals surface area contributed by atoms with Gasteiger partial charge in [0, 0.05) is 18.5 Å². The van der Waals surface area contributed by atoms with Gasteiger partial charge in [-0.05, 0) is 39.3 Å². The highest BCUT2D eigenvalue weighted by Crippen LogP contribution is 2.30. The second-order valence-electron chi connectivity index (χ2n) is 5.83. The molecule has 7 nitrogen and oxygen atoms in total. The first kappa shape index (κ1) is 19.0. The smallest absolute Gasteiger partial charge is 0.397 e. The third-order valence-corrected chi connectivity index (χ3v) is 4.94. The Morgan fingerprint density at radius 3 is 2.85 bits per heavy atom. The number of rotatable bonds is 6. The molecule has 0 radical (unpaired) electrons. The van der Waals surface area contributed by atoms with Crippen molar-refractivity contribution in [2.24, 2.45) is 0 Å². The molecule has 0 aliphatic carbocycles. The highest BCUT2D eigenvalue weighted by atomic mass is 32.1. The van der Waals surface area contributed by atoms with Crippen molar-refractivity contribution in [2.45, 2.75) is 33.6 Å². The summed E-state index contributed by atoms with van der Waals surface area (Å²) in [5, 5.41) is 7.96. The van der Waals surface area contributed by atoms with Gasteiger partial charge >= 0.3 is 6.09 Å². The van der Waals surface area contributed by atoms with Crippen molar-refractivity contribution < 1.29 is 18.4 Å². The van der Waals surface area contributed by atoms with Gasteiger partial charge in [0.05, 0.1) is 22.6 Å². The Bertz CT molecular complexity index is 937. The van der Waals surface area contributed by atoms with Crippen molar-refractivity contribution in [1.82, 2.24) is 20.4 Å². The maximum atomic E-state index is 13.1. The largest absolute Gasteiger partial charge is 0.413 e. The zero-order valence-corrected chi connectivity index (χ0v) is 16.0. The number of ether oxygens (including phenoxy) is 1. The molecule has 0 saturated heterocycles. The fourth-order valence-electron chi connectivity index (χ4n) is 2.54. The number of amides is 1. The molecule has 0 unspecified atom stereocenters. The molecule has 3 aromatic rings. The molecule has 9 heteroatoms. The minimum Gasteiger partial charge on any atom is -0.397 e. The third-order valence-electron chi connectivity index (χ3n) is 3.85. The summed E-state index contributed by atoms with van der Waals surface area (Å²) < 4.78 is 23.7. The molecule has 0 aliphatic rings. The summed E-state index contributed by atoms with van der Waals surface area (Å²) in [5.74, 6) is 0.279. The van der Waals surface area contributed by atoms with Crippen molar-refractivity contribution in [1.29, 1.82) is 0 Å². The fraction of sp³-hybridized carbons (Fsp3) is 0.333. The normalized spacial score (nSPS) is 10.8. The number of aromatic nitrogens is 3. The maximum Gasteiger partial charge on any atom is 0.413 e. The average Bonchev–Trinajstić information content (AvgIpc) is 3.17. The number of carbonyl (C=O) groups excluding carboxylic acids is 1. The minimum absolute atomic E-state index is 0.404. The predicted molar refractivity (Wildman–Crippen MR) is 98.4 cm³/mol. The van der Waals surface area contributed by atoms with Crippen LogP contribution in [-0.4, -0.2) is 27.8 Å². The van der Waals surface area contributed by atoms with Gasteiger partial charge in [0.1, 0.15) is 17.3 Å². The lowest BCUT2D eigenvalue weighted by molar-refractivity contribution is 0.202. The van der Waals surface area contributed by atoms with E-state index in [2.05, 4.69) is 20.4 Å². The summed E-state index contributed by atoms with van der Waals surface area (Å²) in [7, 11) is 0. The van der Waals surface area contributed by atoms with Gasteiger partial charge in [-0.15, -0.1) is 0 Å². The van der Waals surface area contributed by atoms with E-state index in [-0.39, 0.29) is 0 Å². The van der Waals surface area contributed by atoms with Crippen LogP contribution in [0.25, 0.3) is 11.4 Å². The maximum absolute atomic E-state index is 13.1. The predicted octanol–water partition coefficient (Wildman–Crippen LogP) is 3.84. The number of hydrogen-bond acceptors (Lipinski definition) is 7. The van der Waals surface area contributed by atoms with Crippen LogP contribution in [0.1, 0.15) is 28.9 Å². The van der Waals surface area contributed by atoms with Crippen molar-refractivity contribution in [3.05, 3.63) is 46.2 Å². The SMILES string of the molecule is CCNC(=O)Oc1sc(CCc2c(-c3ccc(F)cn3)noc2C)nc1C. The molecule has 0 aromatic carbocycles. The van der Waals surface area contributed by atoms with E-state index in [1.54, 1.807) is 13.0 Å². The van der Waals surface area contributed by atoms with Crippen LogP contribution >= 0.6 is 11.3 Å². The molecular weight excluding hydrogens is 371 g/mol. The monoisotopic (exact) mass is 390 g/mol. The van der Waals surface area contributed by atoms with E-state index in [0.29, 0.717) is 47.3 Å². The molecule has 3 heterocycles. The van der Waals surface area contributed by atoms with Gasteiger partial charge in [0.25, 0.3) is 0 Å². The fourth-order valence-corrected chi connectivity index (χ4v) is 3.45. The van der Waals surface area contributed by atoms with Crippen LogP contribution in [0.2, 0.25) is 0 Å². The van der Waals surface area contributed by atoms with Gasteiger partial charge in [-0.3, -0.25) is 4.98 Å². The van der Waals surface area contributed by atoms with Gasteiger partial charge in [0.2, 0.25) is 5.06 Å². The van der Waals surface area contributed by atoms with Crippen LogP contribution in [-0.2, 0) is 12.8 Å². The molecule has 0 fully saturated rings. The van der Waals surface area contributed by atoms with Gasteiger partial charge < -0.3 is 14.6 Å². The number of carbonyl (C=O) groups is 1. The summed E-state index contributed by atoms with van der Waals surface area (Å²) in [6.07, 6.45) is 1.91. The first-order valence-corrected chi connectivity index (χ1v) is 9.28.